The first-order valence-electron chi connectivity index (χ1n) is 6.73. The van der Waals surface area contributed by atoms with Gasteiger partial charge in [0.15, 0.2) is 5.84 Å². The van der Waals surface area contributed by atoms with E-state index in [1.165, 1.54) is 19.3 Å². The summed E-state index contributed by atoms with van der Waals surface area (Å²) in [5.41, 5.74) is 5.64. The van der Waals surface area contributed by atoms with Gasteiger partial charge in [-0.2, -0.15) is 0 Å². The van der Waals surface area contributed by atoms with Gasteiger partial charge in [0.25, 0.3) is 0 Å². The molecule has 0 radical (unpaired) electrons. The molecule has 1 rings (SSSR count). The molecule has 1 fully saturated rings. The largest absolute Gasteiger partial charge is 0.409 e. The number of oxime groups is 1. The molecule has 18 heavy (non-hydrogen) atoms. The molecule has 0 heterocycles. The smallest absolute Gasteiger partial charge is 0.233 e. The SMILES string of the molecule is CC(C)C(C(=O)N(C)C1CCCCC1)/C(N)=N\O. The molecule has 1 unspecified atom stereocenters. The highest BCUT2D eigenvalue weighted by Crippen LogP contribution is 2.24. The van der Waals surface area contributed by atoms with Gasteiger partial charge in [0.05, 0.1) is 0 Å². The molecule has 1 atom stereocenters. The van der Waals surface area contributed by atoms with E-state index >= 15 is 0 Å². The molecular weight excluding hydrogens is 230 g/mol. The molecule has 5 heteroatoms. The third-order valence-corrected chi connectivity index (χ3v) is 3.84. The molecule has 3 N–H and O–H groups in total. The van der Waals surface area contributed by atoms with Gasteiger partial charge in [-0.15, -0.1) is 0 Å². The van der Waals surface area contributed by atoms with E-state index in [1.54, 1.807) is 4.90 Å². The van der Waals surface area contributed by atoms with Gasteiger partial charge < -0.3 is 15.8 Å². The highest BCUT2D eigenvalue weighted by molar-refractivity contribution is 6.02. The quantitative estimate of drug-likeness (QED) is 0.348. The van der Waals surface area contributed by atoms with Gasteiger partial charge in [-0.1, -0.05) is 38.3 Å². The van der Waals surface area contributed by atoms with Gasteiger partial charge >= 0.3 is 0 Å². The third kappa shape index (κ3) is 3.37. The number of rotatable bonds is 4. The summed E-state index contributed by atoms with van der Waals surface area (Å²) in [6, 6.07) is 0.305. The molecule has 0 aromatic heterocycles. The summed E-state index contributed by atoms with van der Waals surface area (Å²) in [6.45, 7) is 3.82. The summed E-state index contributed by atoms with van der Waals surface area (Å²) in [5.74, 6) is -0.522. The highest BCUT2D eigenvalue weighted by atomic mass is 16.4. The number of nitrogens with two attached hydrogens (primary N) is 1. The average Bonchev–Trinajstić information content (AvgIpc) is 2.38. The van der Waals surface area contributed by atoms with E-state index in [2.05, 4.69) is 5.16 Å². The first kappa shape index (κ1) is 14.8. The first-order chi connectivity index (χ1) is 8.49. The summed E-state index contributed by atoms with van der Waals surface area (Å²) in [7, 11) is 1.83. The first-order valence-corrected chi connectivity index (χ1v) is 6.73. The summed E-state index contributed by atoms with van der Waals surface area (Å²) < 4.78 is 0. The van der Waals surface area contributed by atoms with Gasteiger partial charge in [0.2, 0.25) is 5.91 Å². The molecule has 1 amide bonds. The monoisotopic (exact) mass is 255 g/mol. The van der Waals surface area contributed by atoms with Crippen LogP contribution in [0.5, 0.6) is 0 Å². The van der Waals surface area contributed by atoms with E-state index in [0.717, 1.165) is 12.8 Å². The zero-order valence-corrected chi connectivity index (χ0v) is 11.6. The normalized spacial score (nSPS) is 19.9. The maximum absolute atomic E-state index is 12.4. The predicted octanol–water partition coefficient (Wildman–Crippen LogP) is 1.80. The Morgan fingerprint density at radius 3 is 2.33 bits per heavy atom. The number of hydrogen-bond acceptors (Lipinski definition) is 3. The van der Waals surface area contributed by atoms with Gasteiger partial charge in [-0.05, 0) is 18.8 Å². The Morgan fingerprint density at radius 2 is 1.89 bits per heavy atom. The second-order valence-electron chi connectivity index (χ2n) is 5.49. The fourth-order valence-corrected chi connectivity index (χ4v) is 2.68. The lowest BCUT2D eigenvalue weighted by molar-refractivity contribution is -0.135. The van der Waals surface area contributed by atoms with Crippen molar-refractivity contribution in [3.05, 3.63) is 0 Å². The minimum absolute atomic E-state index is 0.0117. The molecule has 0 aliphatic heterocycles. The molecule has 5 nitrogen and oxygen atoms in total. The molecule has 1 aliphatic carbocycles. The van der Waals surface area contributed by atoms with Crippen LogP contribution in [0.25, 0.3) is 0 Å². The van der Waals surface area contributed by atoms with Crippen LogP contribution in [0, 0.1) is 11.8 Å². The van der Waals surface area contributed by atoms with Crippen molar-refractivity contribution < 1.29 is 10.0 Å². The predicted molar refractivity (Wildman–Crippen MR) is 71.4 cm³/mol. The highest BCUT2D eigenvalue weighted by Gasteiger charge is 2.32. The second kappa shape index (κ2) is 6.61. The van der Waals surface area contributed by atoms with Crippen LogP contribution in [0.15, 0.2) is 5.16 Å². The lowest BCUT2D eigenvalue weighted by atomic mass is 9.90. The number of amides is 1. The minimum atomic E-state index is -0.526. The lowest BCUT2D eigenvalue weighted by Crippen LogP contribution is -2.47. The van der Waals surface area contributed by atoms with E-state index in [9.17, 15) is 4.79 Å². The molecule has 1 saturated carbocycles. The fraction of sp³-hybridized carbons (Fsp3) is 0.846. The van der Waals surface area contributed by atoms with E-state index in [1.807, 2.05) is 20.9 Å². The Bertz CT molecular complexity index is 309. The molecule has 1 aliphatic rings. The van der Waals surface area contributed by atoms with Crippen LogP contribution in [-0.2, 0) is 4.79 Å². The standard InChI is InChI=1S/C13H25N3O2/c1-9(2)11(12(14)15-18)13(17)16(3)10-7-5-4-6-8-10/h9-11,18H,4-8H2,1-3H3,(H2,14,15). The van der Waals surface area contributed by atoms with Crippen LogP contribution >= 0.6 is 0 Å². The van der Waals surface area contributed by atoms with Crippen molar-refractivity contribution >= 4 is 11.7 Å². The van der Waals surface area contributed by atoms with E-state index in [4.69, 9.17) is 10.9 Å². The lowest BCUT2D eigenvalue weighted by Gasteiger charge is -2.34. The number of nitrogens with zero attached hydrogens (tertiary/aromatic N) is 2. The van der Waals surface area contributed by atoms with Crippen molar-refractivity contribution in [2.24, 2.45) is 22.7 Å². The average molecular weight is 255 g/mol. The van der Waals surface area contributed by atoms with Gasteiger partial charge in [0, 0.05) is 13.1 Å². The Hall–Kier alpha value is -1.26. The molecule has 0 spiro atoms. The zero-order valence-electron chi connectivity index (χ0n) is 11.6. The Balaban J connectivity index is 2.75. The maximum Gasteiger partial charge on any atom is 0.233 e. The second-order valence-corrected chi connectivity index (χ2v) is 5.49. The maximum atomic E-state index is 12.4. The summed E-state index contributed by atoms with van der Waals surface area (Å²) in [6.07, 6.45) is 5.73. The third-order valence-electron chi connectivity index (χ3n) is 3.84. The molecule has 0 aromatic carbocycles. The number of carbonyl (C=O) groups is 1. The van der Waals surface area contributed by atoms with Crippen molar-refractivity contribution in [2.75, 3.05) is 7.05 Å². The van der Waals surface area contributed by atoms with E-state index < -0.39 is 5.92 Å². The molecular formula is C13H25N3O2. The number of carbonyl (C=O) groups excluding carboxylic acids is 1. The van der Waals surface area contributed by atoms with Crippen molar-refractivity contribution in [2.45, 2.75) is 52.0 Å². The summed E-state index contributed by atoms with van der Waals surface area (Å²) in [4.78, 5) is 14.2. The van der Waals surface area contributed by atoms with Crippen LogP contribution < -0.4 is 5.73 Å². The van der Waals surface area contributed by atoms with Crippen LogP contribution in [0.3, 0.4) is 0 Å². The Kier molecular flexibility index (Phi) is 5.44. The van der Waals surface area contributed by atoms with Crippen LogP contribution in [0.1, 0.15) is 46.0 Å². The van der Waals surface area contributed by atoms with Crippen molar-refractivity contribution in [1.82, 2.24) is 4.90 Å². The zero-order chi connectivity index (χ0) is 13.7. The number of hydrogen-bond donors (Lipinski definition) is 2. The Morgan fingerprint density at radius 1 is 1.33 bits per heavy atom. The van der Waals surface area contributed by atoms with Crippen LogP contribution in [0.2, 0.25) is 0 Å². The molecule has 0 aromatic rings. The van der Waals surface area contributed by atoms with Gasteiger partial charge in [-0.25, -0.2) is 0 Å². The molecule has 0 bridgehead atoms. The van der Waals surface area contributed by atoms with Gasteiger partial charge in [0.1, 0.15) is 5.92 Å². The topological polar surface area (TPSA) is 78.9 Å². The Labute approximate surface area is 109 Å². The van der Waals surface area contributed by atoms with Crippen molar-refractivity contribution in [3.63, 3.8) is 0 Å². The fourth-order valence-electron chi connectivity index (χ4n) is 2.68. The summed E-state index contributed by atoms with van der Waals surface area (Å²) >= 11 is 0. The van der Waals surface area contributed by atoms with Crippen molar-refractivity contribution in [3.8, 4) is 0 Å². The van der Waals surface area contributed by atoms with E-state index in [0.29, 0.717) is 6.04 Å². The molecule has 104 valence electrons. The van der Waals surface area contributed by atoms with E-state index in [-0.39, 0.29) is 17.7 Å². The van der Waals surface area contributed by atoms with Crippen molar-refractivity contribution in [1.29, 1.82) is 0 Å². The van der Waals surface area contributed by atoms with Gasteiger partial charge in [-0.3, -0.25) is 4.79 Å². The van der Waals surface area contributed by atoms with Crippen LogP contribution in [-0.4, -0.2) is 34.9 Å². The van der Waals surface area contributed by atoms with Crippen LogP contribution in [0.4, 0.5) is 0 Å². The number of amidine groups is 1. The molecule has 0 saturated heterocycles. The summed E-state index contributed by atoms with van der Waals surface area (Å²) in [5, 5.41) is 11.8. The minimum Gasteiger partial charge on any atom is -0.409 e.